The molecule has 0 saturated heterocycles. The molecule has 16 heavy (non-hydrogen) atoms. The molecule has 1 aromatic heterocycles. The summed E-state index contributed by atoms with van der Waals surface area (Å²) in [7, 11) is 0. The molecular formula is C13H7BrO2. The van der Waals surface area contributed by atoms with Crippen LogP contribution in [0.4, 0.5) is 0 Å². The van der Waals surface area contributed by atoms with Gasteiger partial charge in [0.15, 0.2) is 0 Å². The molecule has 3 rings (SSSR count). The fourth-order valence-electron chi connectivity index (χ4n) is 1.88. The lowest BCUT2D eigenvalue weighted by Crippen LogP contribution is -1.94. The van der Waals surface area contributed by atoms with E-state index in [1.165, 1.54) is 6.07 Å². The topological polar surface area (TPSA) is 30.2 Å². The zero-order valence-electron chi connectivity index (χ0n) is 8.24. The Morgan fingerprint density at radius 2 is 1.69 bits per heavy atom. The first-order chi connectivity index (χ1) is 7.75. The van der Waals surface area contributed by atoms with Gasteiger partial charge in [-0.2, -0.15) is 0 Å². The van der Waals surface area contributed by atoms with Gasteiger partial charge in [-0.15, -0.1) is 0 Å². The molecule has 0 unspecified atom stereocenters. The summed E-state index contributed by atoms with van der Waals surface area (Å²) < 4.78 is 6.18. The van der Waals surface area contributed by atoms with Gasteiger partial charge < -0.3 is 4.42 Å². The first-order valence-electron chi connectivity index (χ1n) is 4.87. The number of halogens is 1. The van der Waals surface area contributed by atoms with Gasteiger partial charge in [-0.1, -0.05) is 28.1 Å². The molecule has 2 aromatic carbocycles. The first kappa shape index (κ1) is 9.60. The second-order valence-corrected chi connectivity index (χ2v) is 4.42. The largest absolute Gasteiger partial charge is 0.423 e. The van der Waals surface area contributed by atoms with E-state index in [4.69, 9.17) is 4.42 Å². The minimum Gasteiger partial charge on any atom is -0.423 e. The van der Waals surface area contributed by atoms with E-state index in [1.54, 1.807) is 6.07 Å². The summed E-state index contributed by atoms with van der Waals surface area (Å²) in [5.74, 6) is 0. The van der Waals surface area contributed by atoms with Gasteiger partial charge >= 0.3 is 5.63 Å². The van der Waals surface area contributed by atoms with Crippen LogP contribution < -0.4 is 5.63 Å². The normalized spacial score (nSPS) is 11.1. The highest BCUT2D eigenvalue weighted by Gasteiger charge is 2.04. The lowest BCUT2D eigenvalue weighted by atomic mass is 10.1. The molecule has 78 valence electrons. The Hall–Kier alpha value is -1.61. The minimum absolute atomic E-state index is 0.318. The molecule has 0 aliphatic carbocycles. The lowest BCUT2D eigenvalue weighted by Gasteiger charge is -2.03. The van der Waals surface area contributed by atoms with Crippen molar-refractivity contribution in [3.05, 3.63) is 57.4 Å². The standard InChI is InChI=1S/C13H7BrO2/c14-11-3-1-2-8-9(11)4-6-12-10(8)5-7-13(15)16-12/h1-7H. The molecule has 0 fully saturated rings. The molecule has 3 heteroatoms. The van der Waals surface area contributed by atoms with Gasteiger partial charge in [-0.25, -0.2) is 4.79 Å². The molecule has 0 saturated carbocycles. The van der Waals surface area contributed by atoms with E-state index in [-0.39, 0.29) is 5.63 Å². The third kappa shape index (κ3) is 1.36. The van der Waals surface area contributed by atoms with Crippen molar-refractivity contribution in [3.8, 4) is 0 Å². The summed E-state index contributed by atoms with van der Waals surface area (Å²) >= 11 is 3.50. The average Bonchev–Trinajstić information content (AvgIpc) is 2.28. The number of rotatable bonds is 0. The Kier molecular flexibility index (Phi) is 2.07. The smallest absolute Gasteiger partial charge is 0.336 e. The number of hydrogen-bond donors (Lipinski definition) is 0. The summed E-state index contributed by atoms with van der Waals surface area (Å²) in [6.45, 7) is 0. The van der Waals surface area contributed by atoms with Gasteiger partial charge in [-0.05, 0) is 35.0 Å². The van der Waals surface area contributed by atoms with Crippen LogP contribution in [0.2, 0.25) is 0 Å². The van der Waals surface area contributed by atoms with Gasteiger partial charge in [0.1, 0.15) is 5.58 Å². The summed E-state index contributed by atoms with van der Waals surface area (Å²) in [5.41, 5.74) is 0.306. The van der Waals surface area contributed by atoms with Crippen LogP contribution in [0.25, 0.3) is 21.7 Å². The van der Waals surface area contributed by atoms with Crippen LogP contribution in [0.5, 0.6) is 0 Å². The molecule has 0 aliphatic heterocycles. The second kappa shape index (κ2) is 3.46. The van der Waals surface area contributed by atoms with Crippen molar-refractivity contribution in [3.63, 3.8) is 0 Å². The van der Waals surface area contributed by atoms with Crippen molar-refractivity contribution in [2.24, 2.45) is 0 Å². The van der Waals surface area contributed by atoms with Crippen molar-refractivity contribution >= 4 is 37.7 Å². The van der Waals surface area contributed by atoms with Gasteiger partial charge in [0.25, 0.3) is 0 Å². The van der Waals surface area contributed by atoms with Crippen LogP contribution in [-0.2, 0) is 0 Å². The molecule has 1 heterocycles. The fraction of sp³-hybridized carbons (Fsp3) is 0. The predicted octanol–water partition coefficient (Wildman–Crippen LogP) is 3.71. The van der Waals surface area contributed by atoms with Crippen molar-refractivity contribution in [2.45, 2.75) is 0 Å². The Bertz CT molecular complexity index is 744. The molecule has 0 N–H and O–H groups in total. The molecule has 3 aromatic rings. The maximum Gasteiger partial charge on any atom is 0.336 e. The van der Waals surface area contributed by atoms with Crippen molar-refractivity contribution in [1.82, 2.24) is 0 Å². The zero-order valence-corrected chi connectivity index (χ0v) is 9.82. The fourth-order valence-corrected chi connectivity index (χ4v) is 2.38. The highest BCUT2D eigenvalue weighted by atomic mass is 79.9. The predicted molar refractivity (Wildman–Crippen MR) is 67.7 cm³/mol. The monoisotopic (exact) mass is 274 g/mol. The van der Waals surface area contributed by atoms with Crippen molar-refractivity contribution < 1.29 is 4.42 Å². The molecule has 0 atom stereocenters. The van der Waals surface area contributed by atoms with E-state index in [0.29, 0.717) is 5.58 Å². The first-order valence-corrected chi connectivity index (χ1v) is 5.66. The molecule has 0 bridgehead atoms. The van der Waals surface area contributed by atoms with Crippen molar-refractivity contribution in [1.29, 1.82) is 0 Å². The molecular weight excluding hydrogens is 268 g/mol. The number of hydrogen-bond acceptors (Lipinski definition) is 2. The Morgan fingerprint density at radius 1 is 0.875 bits per heavy atom. The van der Waals surface area contributed by atoms with Crippen LogP contribution >= 0.6 is 15.9 Å². The van der Waals surface area contributed by atoms with Gasteiger partial charge in [-0.3, -0.25) is 0 Å². The zero-order chi connectivity index (χ0) is 11.1. The van der Waals surface area contributed by atoms with Crippen LogP contribution in [0.15, 0.2) is 56.1 Å². The van der Waals surface area contributed by atoms with Gasteiger partial charge in [0.2, 0.25) is 0 Å². The average molecular weight is 275 g/mol. The van der Waals surface area contributed by atoms with Crippen LogP contribution in [0.1, 0.15) is 0 Å². The summed E-state index contributed by atoms with van der Waals surface area (Å²) in [6.07, 6.45) is 0. The van der Waals surface area contributed by atoms with E-state index < -0.39 is 0 Å². The molecule has 0 aliphatic rings. The minimum atomic E-state index is -0.318. The van der Waals surface area contributed by atoms with E-state index in [1.807, 2.05) is 30.3 Å². The molecule has 0 spiro atoms. The lowest BCUT2D eigenvalue weighted by molar-refractivity contribution is 0.561. The van der Waals surface area contributed by atoms with E-state index in [0.717, 1.165) is 20.6 Å². The van der Waals surface area contributed by atoms with Crippen LogP contribution in [0, 0.1) is 0 Å². The quantitative estimate of drug-likeness (QED) is 0.462. The maximum atomic E-state index is 11.1. The van der Waals surface area contributed by atoms with Crippen LogP contribution in [0.3, 0.4) is 0 Å². The summed E-state index contributed by atoms with van der Waals surface area (Å²) in [6, 6.07) is 13.0. The Morgan fingerprint density at radius 3 is 2.56 bits per heavy atom. The van der Waals surface area contributed by atoms with E-state index in [9.17, 15) is 4.79 Å². The number of benzene rings is 2. The van der Waals surface area contributed by atoms with Gasteiger partial charge in [0.05, 0.1) is 0 Å². The molecule has 2 nitrogen and oxygen atoms in total. The number of fused-ring (bicyclic) bond motifs is 3. The van der Waals surface area contributed by atoms with E-state index in [2.05, 4.69) is 15.9 Å². The third-order valence-electron chi connectivity index (χ3n) is 2.61. The Balaban J connectivity index is 2.60. The Labute approximate surface area is 99.6 Å². The van der Waals surface area contributed by atoms with Crippen LogP contribution in [-0.4, -0.2) is 0 Å². The summed E-state index contributed by atoms with van der Waals surface area (Å²) in [4.78, 5) is 11.1. The maximum absolute atomic E-state index is 11.1. The third-order valence-corrected chi connectivity index (χ3v) is 3.30. The highest BCUT2D eigenvalue weighted by Crippen LogP contribution is 2.29. The second-order valence-electron chi connectivity index (χ2n) is 3.57. The molecule has 0 radical (unpaired) electrons. The van der Waals surface area contributed by atoms with E-state index >= 15 is 0 Å². The van der Waals surface area contributed by atoms with Crippen molar-refractivity contribution in [2.75, 3.05) is 0 Å². The summed E-state index contributed by atoms with van der Waals surface area (Å²) in [5, 5.41) is 3.15. The molecule has 0 amide bonds. The SMILES string of the molecule is O=c1ccc2c(ccc3c(Br)cccc32)o1. The van der Waals surface area contributed by atoms with Gasteiger partial charge in [0, 0.05) is 15.9 Å². The highest BCUT2D eigenvalue weighted by molar-refractivity contribution is 9.10.